The second-order valence-electron chi connectivity index (χ2n) is 16.7. The zero-order valence-corrected chi connectivity index (χ0v) is 36.4. The van der Waals surface area contributed by atoms with Gasteiger partial charge < -0.3 is 0 Å². The average Bonchev–Trinajstić information content (AvgIpc) is 3.89. The van der Waals surface area contributed by atoms with E-state index in [9.17, 15) is 0 Å². The van der Waals surface area contributed by atoms with E-state index in [0.717, 1.165) is 39.1 Å². The second-order valence-corrected chi connectivity index (χ2v) is 21.2. The zero-order valence-electron chi connectivity index (χ0n) is 33.0. The van der Waals surface area contributed by atoms with E-state index in [-0.39, 0.29) is 43.3 Å². The third-order valence-electron chi connectivity index (χ3n) is 13.5. The molecule has 0 saturated carbocycles. The molecule has 6 heterocycles. The molecule has 0 radical (unpaired) electrons. The topological polar surface area (TPSA) is 32.8 Å². The normalized spacial score (nSPS) is 14.2. The van der Waals surface area contributed by atoms with Gasteiger partial charge in [0.1, 0.15) is 0 Å². The molecule has 0 fully saturated rings. The molecule has 0 saturated heterocycles. The van der Waals surface area contributed by atoms with Crippen LogP contribution in [0.5, 0.6) is 0 Å². The van der Waals surface area contributed by atoms with Crippen molar-refractivity contribution in [2.45, 2.75) is 0 Å². The summed E-state index contributed by atoms with van der Waals surface area (Å²) in [7, 11) is 0. The predicted octanol–water partition coefficient (Wildman–Crippen LogP) is 6.02. The molecule has 286 valence electrons. The van der Waals surface area contributed by atoms with Crippen LogP contribution in [-0.2, 0) is 0 Å². The van der Waals surface area contributed by atoms with Crippen LogP contribution in [0.15, 0.2) is 191 Å². The molecule has 4 aliphatic rings. The van der Waals surface area contributed by atoms with Crippen LogP contribution in [0, 0.1) is 0 Å². The van der Waals surface area contributed by atoms with E-state index in [1.165, 1.54) is 89.5 Å². The Kier molecular flexibility index (Phi) is 6.84. The Morgan fingerprint density at radius 2 is 0.903 bits per heavy atom. The van der Waals surface area contributed by atoms with Crippen LogP contribution >= 0.6 is 0 Å². The summed E-state index contributed by atoms with van der Waals surface area (Å²) in [6.45, 7) is 0.136. The second kappa shape index (κ2) is 12.5. The third-order valence-corrected chi connectivity index (χ3v) is 18.4. The molecule has 4 nitrogen and oxygen atoms in total. The van der Waals surface area contributed by atoms with Crippen molar-refractivity contribution >= 4 is 172 Å². The van der Waals surface area contributed by atoms with Crippen LogP contribution in [0.3, 0.4) is 0 Å². The van der Waals surface area contributed by atoms with Crippen LogP contribution in [0.25, 0.3) is 43.9 Å². The van der Waals surface area contributed by atoms with Gasteiger partial charge in [-0.25, -0.2) is 0 Å². The summed E-state index contributed by atoms with van der Waals surface area (Å²) < 4.78 is 19.3. The first-order valence-electron chi connectivity index (χ1n) is 21.1. The number of hydrogen-bond donors (Lipinski definition) is 0. The third kappa shape index (κ3) is 4.45. The SMILES string of the molecule is c1ccc(N2c3ccccc3B3c4cc5c(cc4[Se]c4c3c2cc2oc3ccccc3c42)[Se]c2cc3oc4ccccc4c3c3c2B5c2ccccc2N3c2ccccc2)cc1. The molecule has 8 heteroatoms. The summed E-state index contributed by atoms with van der Waals surface area (Å²) in [5, 5.41) is 4.83. The molecule has 0 spiro atoms. The first-order valence-corrected chi connectivity index (χ1v) is 24.6. The molecule has 0 N–H and O–H groups in total. The minimum absolute atomic E-state index is 0.0184. The van der Waals surface area contributed by atoms with E-state index in [2.05, 4.69) is 192 Å². The van der Waals surface area contributed by atoms with Crippen LogP contribution < -0.4 is 60.4 Å². The maximum absolute atomic E-state index is 6.77. The zero-order chi connectivity index (χ0) is 40.2. The van der Waals surface area contributed by atoms with Crippen molar-refractivity contribution in [2.24, 2.45) is 0 Å². The molecule has 11 aromatic rings. The molecule has 15 rings (SSSR count). The molecule has 0 atom stereocenters. The van der Waals surface area contributed by atoms with Crippen LogP contribution in [-0.4, -0.2) is 43.3 Å². The van der Waals surface area contributed by atoms with Crippen molar-refractivity contribution in [1.82, 2.24) is 0 Å². The number of anilines is 6. The van der Waals surface area contributed by atoms with Gasteiger partial charge in [-0.15, -0.1) is 0 Å². The van der Waals surface area contributed by atoms with Crippen LogP contribution in [0.4, 0.5) is 34.1 Å². The van der Waals surface area contributed by atoms with Crippen molar-refractivity contribution in [2.75, 3.05) is 9.80 Å². The van der Waals surface area contributed by atoms with Gasteiger partial charge in [-0.1, -0.05) is 0 Å². The van der Waals surface area contributed by atoms with Crippen molar-refractivity contribution in [3.8, 4) is 0 Å². The quantitative estimate of drug-likeness (QED) is 0.199. The predicted molar refractivity (Wildman–Crippen MR) is 263 cm³/mol. The van der Waals surface area contributed by atoms with Gasteiger partial charge in [-0.2, -0.15) is 0 Å². The van der Waals surface area contributed by atoms with Gasteiger partial charge in [0.2, 0.25) is 0 Å². The molecule has 9 aromatic carbocycles. The fourth-order valence-corrected chi connectivity index (χ4v) is 16.8. The Morgan fingerprint density at radius 1 is 0.371 bits per heavy atom. The Bertz CT molecular complexity index is 3730. The number of furan rings is 2. The van der Waals surface area contributed by atoms with E-state index >= 15 is 0 Å². The summed E-state index contributed by atoms with van der Waals surface area (Å²) in [6.07, 6.45) is 0. The van der Waals surface area contributed by atoms with E-state index in [1.807, 2.05) is 0 Å². The number of rotatable bonds is 2. The van der Waals surface area contributed by atoms with Crippen molar-refractivity contribution < 1.29 is 8.83 Å². The Morgan fingerprint density at radius 3 is 1.60 bits per heavy atom. The first kappa shape index (κ1) is 34.0. The standard InChI is InChI=1S/C54H30B2N2O2Se2/c1-3-15-31(16-4-1)57-39-23-11-9-21-35(39)55-38-27-37-46(30-47(38)62-54-50-34-20-8-14-26-43(34)59-44(50)28-41(57)51(54)55)61-48-29-45-49(33-19-7-13-25-42(33)60-45)53-52(48)56(37)36-22-10-12-24-40(36)58(53)32-17-5-2-6-18-32/h1-30H. The van der Waals surface area contributed by atoms with E-state index in [4.69, 9.17) is 8.83 Å². The van der Waals surface area contributed by atoms with Crippen molar-refractivity contribution in [3.63, 3.8) is 0 Å². The van der Waals surface area contributed by atoms with Gasteiger partial charge in [-0.3, -0.25) is 0 Å². The minimum atomic E-state index is 0.0184. The number of nitrogens with zero attached hydrogens (tertiary/aromatic N) is 2. The summed E-state index contributed by atoms with van der Waals surface area (Å²) in [5.41, 5.74) is 19.5. The molecule has 0 bridgehead atoms. The first-order chi connectivity index (χ1) is 30.8. The molecule has 0 unspecified atom stereocenters. The van der Waals surface area contributed by atoms with Gasteiger partial charge >= 0.3 is 373 Å². The van der Waals surface area contributed by atoms with Gasteiger partial charge in [-0.05, 0) is 0 Å². The fraction of sp³-hybridized carbons (Fsp3) is 0. The molecule has 4 aliphatic heterocycles. The van der Waals surface area contributed by atoms with Gasteiger partial charge in [0, 0.05) is 0 Å². The van der Waals surface area contributed by atoms with Crippen LogP contribution in [0.2, 0.25) is 0 Å². The van der Waals surface area contributed by atoms with Gasteiger partial charge in [0.15, 0.2) is 0 Å². The number of benzene rings is 9. The van der Waals surface area contributed by atoms with Crippen LogP contribution in [0.1, 0.15) is 0 Å². The molecule has 0 amide bonds. The fourth-order valence-electron chi connectivity index (χ4n) is 11.1. The van der Waals surface area contributed by atoms with E-state index in [1.54, 1.807) is 0 Å². The summed E-state index contributed by atoms with van der Waals surface area (Å²) in [5.74, 6) is 0. The Balaban J connectivity index is 1.03. The Hall–Kier alpha value is -6.65. The summed E-state index contributed by atoms with van der Waals surface area (Å²) >= 11 is 0.0573. The number of para-hydroxylation sites is 6. The van der Waals surface area contributed by atoms with Gasteiger partial charge in [0.05, 0.1) is 0 Å². The van der Waals surface area contributed by atoms with Gasteiger partial charge in [0.25, 0.3) is 0 Å². The monoisotopic (exact) mass is 920 g/mol. The molecule has 62 heavy (non-hydrogen) atoms. The van der Waals surface area contributed by atoms with E-state index < -0.39 is 0 Å². The molecular weight excluding hydrogens is 888 g/mol. The average molecular weight is 918 g/mol. The maximum atomic E-state index is 6.77. The van der Waals surface area contributed by atoms with Crippen molar-refractivity contribution in [1.29, 1.82) is 0 Å². The van der Waals surface area contributed by atoms with E-state index in [0.29, 0.717) is 0 Å². The number of fused-ring (bicyclic) bond motifs is 16. The Labute approximate surface area is 370 Å². The summed E-state index contributed by atoms with van der Waals surface area (Å²) in [6, 6.07) is 67.3. The molecular formula is C54H30B2N2O2Se2. The van der Waals surface area contributed by atoms with Crippen molar-refractivity contribution in [3.05, 3.63) is 182 Å². The number of hydrogen-bond acceptors (Lipinski definition) is 4. The summed E-state index contributed by atoms with van der Waals surface area (Å²) in [4.78, 5) is 5.01. The molecule has 2 aromatic heterocycles. The molecule has 0 aliphatic carbocycles.